The molecule has 6 nitrogen and oxygen atoms in total. The molecule has 1 aromatic rings. The van der Waals surface area contributed by atoms with Gasteiger partial charge in [-0.15, -0.1) is 0 Å². The molecule has 1 heterocycles. The number of phenols is 1. The second kappa shape index (κ2) is 7.03. The molecule has 0 unspecified atom stereocenters. The molecule has 126 valence electrons. The van der Waals surface area contributed by atoms with Crippen molar-refractivity contribution in [2.24, 2.45) is 5.92 Å². The van der Waals surface area contributed by atoms with E-state index in [0.29, 0.717) is 11.5 Å². The van der Waals surface area contributed by atoms with Gasteiger partial charge in [-0.3, -0.25) is 15.0 Å². The summed E-state index contributed by atoms with van der Waals surface area (Å²) >= 11 is 6.08. The van der Waals surface area contributed by atoms with E-state index in [1.165, 1.54) is 12.1 Å². The molecule has 1 saturated heterocycles. The number of benzene rings is 1. The van der Waals surface area contributed by atoms with E-state index >= 15 is 0 Å². The second-order valence-corrected chi connectivity index (χ2v) is 6.77. The van der Waals surface area contributed by atoms with Gasteiger partial charge in [0.15, 0.2) is 0 Å². The Bertz CT molecular complexity index is 584. The van der Waals surface area contributed by atoms with Gasteiger partial charge in [-0.25, -0.2) is 0 Å². The van der Waals surface area contributed by atoms with Gasteiger partial charge >= 0.3 is 0 Å². The van der Waals surface area contributed by atoms with Crippen molar-refractivity contribution in [3.63, 3.8) is 0 Å². The number of rotatable bonds is 4. The zero-order valence-corrected chi connectivity index (χ0v) is 13.8. The SMILES string of the molecule is O=[N+]([O-])c1ccc(Cl)c(O)c1[C@H](C1CCCC1)N1CCNCC1. The highest BCUT2D eigenvalue weighted by molar-refractivity contribution is 6.32. The zero-order valence-electron chi connectivity index (χ0n) is 13.0. The monoisotopic (exact) mass is 339 g/mol. The Hall–Kier alpha value is -1.37. The Labute approximate surface area is 140 Å². The fraction of sp³-hybridized carbons (Fsp3) is 0.625. The lowest BCUT2D eigenvalue weighted by molar-refractivity contribution is -0.386. The number of nitro benzene ring substituents is 1. The van der Waals surface area contributed by atoms with Crippen molar-refractivity contribution in [2.45, 2.75) is 31.7 Å². The molecule has 1 aromatic carbocycles. The zero-order chi connectivity index (χ0) is 16.4. The molecule has 0 bridgehead atoms. The Balaban J connectivity index is 2.08. The normalized spacial score (nSPS) is 21.4. The average Bonchev–Trinajstić information content (AvgIpc) is 3.07. The van der Waals surface area contributed by atoms with Gasteiger partial charge < -0.3 is 10.4 Å². The van der Waals surface area contributed by atoms with Crippen LogP contribution >= 0.6 is 11.6 Å². The first kappa shape index (κ1) is 16.5. The van der Waals surface area contributed by atoms with Gasteiger partial charge in [-0.2, -0.15) is 0 Å². The number of nitro groups is 1. The summed E-state index contributed by atoms with van der Waals surface area (Å²) in [5, 5.41) is 25.5. The molecule has 2 aliphatic rings. The third-order valence-corrected chi connectivity index (χ3v) is 5.33. The number of hydrogen-bond donors (Lipinski definition) is 2. The Kier molecular flexibility index (Phi) is 5.04. The van der Waals surface area contributed by atoms with Crippen LogP contribution in [0.4, 0.5) is 5.69 Å². The third-order valence-electron chi connectivity index (χ3n) is 5.03. The van der Waals surface area contributed by atoms with Gasteiger partial charge in [0.05, 0.1) is 15.5 Å². The highest BCUT2D eigenvalue weighted by atomic mass is 35.5. The van der Waals surface area contributed by atoms with E-state index in [0.717, 1.165) is 51.9 Å². The maximum atomic E-state index is 11.5. The smallest absolute Gasteiger partial charge is 0.278 e. The highest BCUT2D eigenvalue weighted by Crippen LogP contribution is 2.47. The summed E-state index contributed by atoms with van der Waals surface area (Å²) in [6.45, 7) is 3.37. The first-order valence-electron chi connectivity index (χ1n) is 8.20. The third kappa shape index (κ3) is 3.29. The molecule has 1 saturated carbocycles. The van der Waals surface area contributed by atoms with E-state index in [1.54, 1.807) is 0 Å². The van der Waals surface area contributed by atoms with Gasteiger partial charge in [0.25, 0.3) is 5.69 Å². The number of aromatic hydroxyl groups is 1. The molecule has 0 spiro atoms. The molecule has 3 rings (SSSR count). The number of nitrogens with one attached hydrogen (secondary N) is 1. The van der Waals surface area contributed by atoms with Crippen LogP contribution in [-0.4, -0.2) is 41.1 Å². The molecular weight excluding hydrogens is 318 g/mol. The molecule has 0 radical (unpaired) electrons. The summed E-state index contributed by atoms with van der Waals surface area (Å²) in [6.07, 6.45) is 4.36. The minimum atomic E-state index is -0.407. The van der Waals surface area contributed by atoms with Crippen LogP contribution < -0.4 is 5.32 Å². The van der Waals surface area contributed by atoms with E-state index in [1.807, 2.05) is 0 Å². The van der Waals surface area contributed by atoms with Crippen LogP contribution in [0.2, 0.25) is 5.02 Å². The second-order valence-electron chi connectivity index (χ2n) is 6.36. The maximum absolute atomic E-state index is 11.5. The average molecular weight is 340 g/mol. The van der Waals surface area contributed by atoms with Crippen LogP contribution in [0.15, 0.2) is 12.1 Å². The van der Waals surface area contributed by atoms with E-state index in [4.69, 9.17) is 11.6 Å². The van der Waals surface area contributed by atoms with Crippen LogP contribution in [0.1, 0.15) is 37.3 Å². The van der Waals surface area contributed by atoms with Crippen molar-refractivity contribution >= 4 is 17.3 Å². The van der Waals surface area contributed by atoms with E-state index in [-0.39, 0.29) is 22.5 Å². The minimum Gasteiger partial charge on any atom is -0.506 e. The molecule has 7 heteroatoms. The van der Waals surface area contributed by atoms with E-state index in [2.05, 4.69) is 10.2 Å². The van der Waals surface area contributed by atoms with Gasteiger partial charge in [-0.1, -0.05) is 24.4 Å². The number of hydrogen-bond acceptors (Lipinski definition) is 5. The fourth-order valence-corrected chi connectivity index (χ4v) is 4.14. The van der Waals surface area contributed by atoms with Crippen LogP contribution in [0, 0.1) is 16.0 Å². The minimum absolute atomic E-state index is 0.0256. The van der Waals surface area contributed by atoms with Gasteiger partial charge in [0, 0.05) is 38.3 Å². The summed E-state index contributed by atoms with van der Waals surface area (Å²) in [6, 6.07) is 2.68. The molecule has 0 amide bonds. The molecule has 2 N–H and O–H groups in total. The molecular formula is C16H22ClN3O3. The van der Waals surface area contributed by atoms with Crippen molar-refractivity contribution in [3.05, 3.63) is 32.8 Å². The molecule has 1 aliphatic carbocycles. The standard InChI is InChI=1S/C16H22ClN3O3/c17-12-5-6-13(20(22)23)14(16(12)21)15(11-3-1-2-4-11)19-9-7-18-8-10-19/h5-6,11,15,18,21H,1-4,7-10H2/t15-/m0/s1. The lowest BCUT2D eigenvalue weighted by Crippen LogP contribution is -2.46. The summed E-state index contributed by atoms with van der Waals surface area (Å²) in [5.41, 5.74) is 0.374. The quantitative estimate of drug-likeness (QED) is 0.651. The van der Waals surface area contributed by atoms with Crippen LogP contribution in [0.25, 0.3) is 0 Å². The molecule has 0 aromatic heterocycles. The van der Waals surface area contributed by atoms with Crippen molar-refractivity contribution in [1.82, 2.24) is 10.2 Å². The lowest BCUT2D eigenvalue weighted by atomic mass is 9.88. The van der Waals surface area contributed by atoms with Crippen molar-refractivity contribution in [2.75, 3.05) is 26.2 Å². The Morgan fingerprint density at radius 1 is 1.30 bits per heavy atom. The summed E-state index contributed by atoms with van der Waals surface area (Å²) in [4.78, 5) is 13.4. The topological polar surface area (TPSA) is 78.6 Å². The predicted octanol–water partition coefficient (Wildman–Crippen LogP) is 3.09. The summed E-state index contributed by atoms with van der Waals surface area (Å²) in [5.74, 6) is 0.201. The fourth-order valence-electron chi connectivity index (χ4n) is 3.97. The van der Waals surface area contributed by atoms with Gasteiger partial charge in [-0.05, 0) is 24.8 Å². The summed E-state index contributed by atoms with van der Waals surface area (Å²) in [7, 11) is 0. The summed E-state index contributed by atoms with van der Waals surface area (Å²) < 4.78 is 0. The molecule has 2 fully saturated rings. The van der Waals surface area contributed by atoms with Crippen molar-refractivity contribution < 1.29 is 10.0 Å². The maximum Gasteiger partial charge on any atom is 0.278 e. The lowest BCUT2D eigenvalue weighted by Gasteiger charge is -2.38. The first-order chi connectivity index (χ1) is 11.1. The Morgan fingerprint density at radius 3 is 2.57 bits per heavy atom. The van der Waals surface area contributed by atoms with Crippen molar-refractivity contribution in [1.29, 1.82) is 0 Å². The van der Waals surface area contributed by atoms with E-state index in [9.17, 15) is 15.2 Å². The molecule has 1 atom stereocenters. The van der Waals surface area contributed by atoms with Crippen LogP contribution in [0.3, 0.4) is 0 Å². The van der Waals surface area contributed by atoms with Crippen LogP contribution in [0.5, 0.6) is 5.75 Å². The number of halogens is 1. The number of phenolic OH excluding ortho intramolecular Hbond substituents is 1. The number of piperazine rings is 1. The van der Waals surface area contributed by atoms with E-state index < -0.39 is 4.92 Å². The highest BCUT2D eigenvalue weighted by Gasteiger charge is 2.38. The first-order valence-corrected chi connectivity index (χ1v) is 8.58. The Morgan fingerprint density at radius 2 is 1.96 bits per heavy atom. The van der Waals surface area contributed by atoms with Gasteiger partial charge in [0.1, 0.15) is 5.75 Å². The number of nitrogens with zero attached hydrogens (tertiary/aromatic N) is 2. The van der Waals surface area contributed by atoms with Gasteiger partial charge in [0.2, 0.25) is 0 Å². The van der Waals surface area contributed by atoms with Crippen LogP contribution in [-0.2, 0) is 0 Å². The molecule has 1 aliphatic heterocycles. The molecule has 23 heavy (non-hydrogen) atoms. The van der Waals surface area contributed by atoms with Crippen molar-refractivity contribution in [3.8, 4) is 5.75 Å². The predicted molar refractivity (Wildman–Crippen MR) is 88.9 cm³/mol. The largest absolute Gasteiger partial charge is 0.506 e.